The van der Waals surface area contributed by atoms with E-state index in [0.717, 1.165) is 31.4 Å². The van der Waals surface area contributed by atoms with E-state index in [0.29, 0.717) is 49.5 Å². The van der Waals surface area contributed by atoms with E-state index in [1.54, 1.807) is 32.4 Å². The first-order valence-corrected chi connectivity index (χ1v) is 11.1. The van der Waals surface area contributed by atoms with Crippen LogP contribution in [-0.2, 0) is 15.9 Å². The van der Waals surface area contributed by atoms with Gasteiger partial charge in [0.2, 0.25) is 0 Å². The van der Waals surface area contributed by atoms with Gasteiger partial charge < -0.3 is 20.1 Å². The molecule has 172 valence electrons. The second-order valence-corrected chi connectivity index (χ2v) is 7.81. The number of methoxy groups -OCH3 is 2. The topological polar surface area (TPSA) is 47.7 Å². The fourth-order valence-electron chi connectivity index (χ4n) is 3.66. The molecule has 6 heteroatoms. The van der Waals surface area contributed by atoms with Gasteiger partial charge in [-0.3, -0.25) is 0 Å². The normalized spacial score (nSPS) is 11.1. The van der Waals surface area contributed by atoms with Crippen molar-refractivity contribution < 1.29 is 18.3 Å². The van der Waals surface area contributed by atoms with Gasteiger partial charge in [0.15, 0.2) is 11.6 Å². The Balaban J connectivity index is 2.26. The lowest BCUT2D eigenvalue weighted by atomic mass is 9.98. The van der Waals surface area contributed by atoms with Gasteiger partial charge >= 0.3 is 0 Å². The Morgan fingerprint density at radius 2 is 1.52 bits per heavy atom. The molecule has 0 unspecified atom stereocenters. The van der Waals surface area contributed by atoms with Crippen LogP contribution in [0.4, 0.5) is 20.2 Å². The number of aryl methyl sites for hydroxylation is 1. The van der Waals surface area contributed by atoms with Crippen molar-refractivity contribution in [3.63, 3.8) is 0 Å². The molecule has 0 saturated carbocycles. The van der Waals surface area contributed by atoms with Gasteiger partial charge in [-0.1, -0.05) is 44.7 Å². The molecule has 0 aliphatic carbocycles. The second kappa shape index (κ2) is 13.3. The molecule has 0 radical (unpaired) electrons. The molecular weight excluding hydrogens is 398 g/mol. The van der Waals surface area contributed by atoms with E-state index in [1.807, 2.05) is 12.1 Å². The predicted octanol–water partition coefficient (Wildman–Crippen LogP) is 5.83. The van der Waals surface area contributed by atoms with Crippen LogP contribution in [0.2, 0.25) is 0 Å². The van der Waals surface area contributed by atoms with E-state index in [4.69, 9.17) is 15.2 Å². The van der Waals surface area contributed by atoms with Crippen LogP contribution >= 0.6 is 0 Å². The minimum atomic E-state index is -0.838. The van der Waals surface area contributed by atoms with Gasteiger partial charge in [-0.2, -0.15) is 0 Å². The summed E-state index contributed by atoms with van der Waals surface area (Å²) < 4.78 is 40.2. The van der Waals surface area contributed by atoms with E-state index < -0.39 is 11.6 Å². The summed E-state index contributed by atoms with van der Waals surface area (Å²) in [5.41, 5.74) is 8.52. The van der Waals surface area contributed by atoms with Crippen molar-refractivity contribution in [2.75, 3.05) is 51.2 Å². The highest BCUT2D eigenvalue weighted by Crippen LogP contribution is 2.34. The first kappa shape index (κ1) is 25.1. The molecule has 2 aromatic carbocycles. The summed E-state index contributed by atoms with van der Waals surface area (Å²) in [6.45, 7) is 4.54. The average molecular weight is 435 g/mol. The Morgan fingerprint density at radius 3 is 2.16 bits per heavy atom. The standard InChI is InChI=1S/C25H36F2N2O2/c1-4-5-6-7-8-9-19-10-12-21(25(27)24(19)26)22-18-20(11-13-23(22)28)29(14-16-30-2)15-17-31-3/h10-13,18H,4-9,14-17,28H2,1-3H3. The number of halogens is 2. The highest BCUT2D eigenvalue weighted by Gasteiger charge is 2.18. The zero-order valence-electron chi connectivity index (χ0n) is 19.1. The van der Waals surface area contributed by atoms with Crippen LogP contribution in [0, 0.1) is 11.6 Å². The van der Waals surface area contributed by atoms with Crippen LogP contribution in [-0.4, -0.2) is 40.5 Å². The Kier molecular flexibility index (Phi) is 10.7. The molecule has 0 atom stereocenters. The largest absolute Gasteiger partial charge is 0.398 e. The third kappa shape index (κ3) is 7.18. The van der Waals surface area contributed by atoms with Crippen molar-refractivity contribution in [3.05, 3.63) is 47.5 Å². The lowest BCUT2D eigenvalue weighted by Gasteiger charge is -2.25. The molecule has 0 fully saturated rings. The Labute approximate surface area is 185 Å². The maximum atomic E-state index is 15.0. The number of benzene rings is 2. The second-order valence-electron chi connectivity index (χ2n) is 7.81. The fraction of sp³-hybridized carbons (Fsp3) is 0.520. The molecule has 2 aromatic rings. The smallest absolute Gasteiger partial charge is 0.166 e. The van der Waals surface area contributed by atoms with Crippen molar-refractivity contribution in [2.24, 2.45) is 0 Å². The minimum absolute atomic E-state index is 0.185. The fourth-order valence-corrected chi connectivity index (χ4v) is 3.66. The lowest BCUT2D eigenvalue weighted by Crippen LogP contribution is -2.30. The number of nitrogen functional groups attached to an aromatic ring is 1. The van der Waals surface area contributed by atoms with Crippen molar-refractivity contribution in [1.82, 2.24) is 0 Å². The molecular formula is C25H36F2N2O2. The Hall–Kier alpha value is -2.18. The van der Waals surface area contributed by atoms with Gasteiger partial charge in [0, 0.05) is 49.8 Å². The van der Waals surface area contributed by atoms with Gasteiger partial charge in [-0.15, -0.1) is 0 Å². The van der Waals surface area contributed by atoms with Crippen LogP contribution in [0.1, 0.15) is 44.6 Å². The number of nitrogens with zero attached hydrogens (tertiary/aromatic N) is 1. The minimum Gasteiger partial charge on any atom is -0.398 e. The van der Waals surface area contributed by atoms with Crippen LogP contribution in [0.5, 0.6) is 0 Å². The van der Waals surface area contributed by atoms with Crippen LogP contribution in [0.25, 0.3) is 11.1 Å². The van der Waals surface area contributed by atoms with Crippen molar-refractivity contribution in [1.29, 1.82) is 0 Å². The molecule has 0 amide bonds. The van der Waals surface area contributed by atoms with Gasteiger partial charge in [0.1, 0.15) is 0 Å². The third-order valence-corrected chi connectivity index (χ3v) is 5.53. The third-order valence-electron chi connectivity index (χ3n) is 5.53. The zero-order valence-corrected chi connectivity index (χ0v) is 19.1. The lowest BCUT2D eigenvalue weighted by molar-refractivity contribution is 0.190. The number of unbranched alkanes of at least 4 members (excludes halogenated alkanes) is 4. The van der Waals surface area contributed by atoms with E-state index >= 15 is 4.39 Å². The maximum Gasteiger partial charge on any atom is 0.166 e. The molecule has 0 heterocycles. The molecule has 0 spiro atoms. The Morgan fingerprint density at radius 1 is 0.839 bits per heavy atom. The molecule has 0 bridgehead atoms. The van der Waals surface area contributed by atoms with E-state index in [1.165, 1.54) is 6.42 Å². The van der Waals surface area contributed by atoms with Gasteiger partial charge in [0.05, 0.1) is 13.2 Å². The molecule has 4 nitrogen and oxygen atoms in total. The summed E-state index contributed by atoms with van der Waals surface area (Å²) in [5, 5.41) is 0. The first-order chi connectivity index (χ1) is 15.0. The molecule has 2 rings (SSSR count). The van der Waals surface area contributed by atoms with E-state index in [2.05, 4.69) is 11.8 Å². The predicted molar refractivity (Wildman–Crippen MR) is 125 cm³/mol. The highest BCUT2D eigenvalue weighted by atomic mass is 19.2. The Bertz CT molecular complexity index is 806. The number of anilines is 2. The molecule has 0 aliphatic rings. The zero-order chi connectivity index (χ0) is 22.6. The van der Waals surface area contributed by atoms with E-state index in [-0.39, 0.29) is 5.56 Å². The summed E-state index contributed by atoms with van der Waals surface area (Å²) in [7, 11) is 3.29. The first-order valence-electron chi connectivity index (χ1n) is 11.1. The molecule has 31 heavy (non-hydrogen) atoms. The van der Waals surface area contributed by atoms with Crippen LogP contribution < -0.4 is 10.6 Å². The quantitative estimate of drug-likeness (QED) is 0.300. The van der Waals surface area contributed by atoms with Crippen molar-refractivity contribution in [3.8, 4) is 11.1 Å². The SMILES string of the molecule is CCCCCCCc1ccc(-c2cc(N(CCOC)CCOC)ccc2N)c(F)c1F. The summed E-state index contributed by atoms with van der Waals surface area (Å²) in [6.07, 6.45) is 5.91. The number of nitrogens with two attached hydrogens (primary N) is 1. The van der Waals surface area contributed by atoms with Gasteiger partial charge in [-0.25, -0.2) is 8.78 Å². The van der Waals surface area contributed by atoms with Crippen molar-refractivity contribution in [2.45, 2.75) is 45.4 Å². The van der Waals surface area contributed by atoms with Crippen LogP contribution in [0.3, 0.4) is 0 Å². The summed E-state index contributed by atoms with van der Waals surface area (Å²) in [4.78, 5) is 2.08. The molecule has 0 saturated heterocycles. The summed E-state index contributed by atoms with van der Waals surface area (Å²) in [5.74, 6) is -1.61. The number of hydrogen-bond donors (Lipinski definition) is 1. The highest BCUT2D eigenvalue weighted by molar-refractivity contribution is 5.80. The van der Waals surface area contributed by atoms with Crippen molar-refractivity contribution >= 4 is 11.4 Å². The average Bonchev–Trinajstić information content (AvgIpc) is 2.77. The van der Waals surface area contributed by atoms with E-state index in [9.17, 15) is 4.39 Å². The monoisotopic (exact) mass is 434 g/mol. The number of hydrogen-bond acceptors (Lipinski definition) is 4. The number of rotatable bonds is 14. The van der Waals surface area contributed by atoms with Crippen LogP contribution in [0.15, 0.2) is 30.3 Å². The molecule has 0 aliphatic heterocycles. The molecule has 2 N–H and O–H groups in total. The number of ether oxygens (including phenoxy) is 2. The molecule has 0 aromatic heterocycles. The van der Waals surface area contributed by atoms with Gasteiger partial charge in [-0.05, 0) is 36.6 Å². The summed E-state index contributed by atoms with van der Waals surface area (Å²) >= 11 is 0. The maximum absolute atomic E-state index is 15.0. The summed E-state index contributed by atoms with van der Waals surface area (Å²) in [6, 6.07) is 8.75. The van der Waals surface area contributed by atoms with Gasteiger partial charge in [0.25, 0.3) is 0 Å².